The summed E-state index contributed by atoms with van der Waals surface area (Å²) in [6.45, 7) is 3.10. The van der Waals surface area contributed by atoms with Gasteiger partial charge in [-0.2, -0.15) is 0 Å². The van der Waals surface area contributed by atoms with Crippen LogP contribution in [-0.2, 0) is 4.79 Å². The normalized spacial score (nSPS) is 16.5. The summed E-state index contributed by atoms with van der Waals surface area (Å²) >= 11 is 0. The van der Waals surface area contributed by atoms with Crippen LogP contribution in [0, 0.1) is 0 Å². The zero-order chi connectivity index (χ0) is 17.8. The van der Waals surface area contributed by atoms with Crippen LogP contribution in [0.3, 0.4) is 0 Å². The van der Waals surface area contributed by atoms with Crippen LogP contribution >= 0.6 is 0 Å². The van der Waals surface area contributed by atoms with Crippen LogP contribution in [0.25, 0.3) is 0 Å². The fourth-order valence-electron chi connectivity index (χ4n) is 3.34. The number of phenolic OH excluding ortho intramolecular Hbond substituents is 1. The molecule has 1 amide bonds. The number of likely N-dealkylation sites (N-methyl/N-ethyl adjacent to an activating group) is 1. The highest BCUT2D eigenvalue weighted by Gasteiger charge is 2.31. The Hall–Kier alpha value is -2.53. The Labute approximate surface area is 149 Å². The second-order valence-corrected chi connectivity index (χ2v) is 6.56. The first-order valence-corrected chi connectivity index (χ1v) is 8.61. The Morgan fingerprint density at radius 2 is 1.56 bits per heavy atom. The van der Waals surface area contributed by atoms with Crippen LogP contribution in [0.1, 0.15) is 11.6 Å². The van der Waals surface area contributed by atoms with E-state index >= 15 is 0 Å². The number of rotatable bonds is 4. The van der Waals surface area contributed by atoms with E-state index in [-0.39, 0.29) is 11.9 Å². The molecule has 1 saturated heterocycles. The first-order valence-electron chi connectivity index (χ1n) is 8.61. The van der Waals surface area contributed by atoms with Gasteiger partial charge in [0.15, 0.2) is 0 Å². The summed E-state index contributed by atoms with van der Waals surface area (Å²) in [4.78, 5) is 18.8. The number of anilines is 1. The number of nitrogens with zero attached hydrogens (tertiary/aromatic N) is 3. The van der Waals surface area contributed by atoms with Crippen molar-refractivity contribution in [1.82, 2.24) is 9.80 Å². The van der Waals surface area contributed by atoms with Crippen molar-refractivity contribution in [1.29, 1.82) is 0 Å². The minimum Gasteiger partial charge on any atom is -0.506 e. The summed E-state index contributed by atoms with van der Waals surface area (Å²) in [5.74, 6) is 0.405. The molecular formula is C20H25N3O2. The maximum Gasteiger partial charge on any atom is 0.244 e. The molecule has 3 rings (SSSR count). The summed E-state index contributed by atoms with van der Waals surface area (Å²) in [5, 5.41) is 10.1. The smallest absolute Gasteiger partial charge is 0.244 e. The van der Waals surface area contributed by atoms with Crippen molar-refractivity contribution in [2.24, 2.45) is 0 Å². The minimum absolute atomic E-state index is 0.0993. The summed E-state index contributed by atoms with van der Waals surface area (Å²) in [5.41, 5.74) is 1.88. The standard InChI is InChI=1S/C20H25N3O2/c1-21(2)20(25)19(16-8-4-3-5-9-16)23-14-12-22(13-15-23)17-10-6-7-11-18(17)24/h3-11,19,24H,12-15H2,1-2H3/t19-/m0/s1. The van der Waals surface area contributed by atoms with Gasteiger partial charge in [0.05, 0.1) is 5.69 Å². The van der Waals surface area contributed by atoms with E-state index in [9.17, 15) is 9.90 Å². The zero-order valence-electron chi connectivity index (χ0n) is 14.8. The molecule has 5 nitrogen and oxygen atoms in total. The first-order chi connectivity index (χ1) is 12.1. The second-order valence-electron chi connectivity index (χ2n) is 6.56. The van der Waals surface area contributed by atoms with E-state index in [2.05, 4.69) is 9.80 Å². The summed E-state index contributed by atoms with van der Waals surface area (Å²) in [6, 6.07) is 17.1. The molecule has 1 aliphatic rings. The lowest BCUT2D eigenvalue weighted by Crippen LogP contribution is -2.51. The molecule has 1 atom stereocenters. The Balaban J connectivity index is 1.76. The van der Waals surface area contributed by atoms with Crippen molar-refractivity contribution < 1.29 is 9.90 Å². The van der Waals surface area contributed by atoms with Crippen molar-refractivity contribution >= 4 is 11.6 Å². The number of phenols is 1. The number of hydrogen-bond acceptors (Lipinski definition) is 4. The lowest BCUT2D eigenvalue weighted by atomic mass is 10.0. The molecule has 132 valence electrons. The highest BCUT2D eigenvalue weighted by Crippen LogP contribution is 2.29. The molecule has 25 heavy (non-hydrogen) atoms. The van der Waals surface area contributed by atoms with Crippen molar-refractivity contribution in [3.8, 4) is 5.75 Å². The maximum absolute atomic E-state index is 12.8. The van der Waals surface area contributed by atoms with Gasteiger partial charge in [0.25, 0.3) is 0 Å². The van der Waals surface area contributed by atoms with Gasteiger partial charge in [-0.05, 0) is 17.7 Å². The van der Waals surface area contributed by atoms with Crippen molar-refractivity contribution in [2.45, 2.75) is 6.04 Å². The Kier molecular flexibility index (Phi) is 5.24. The molecule has 0 aliphatic carbocycles. The fourth-order valence-corrected chi connectivity index (χ4v) is 3.34. The van der Waals surface area contributed by atoms with Gasteiger partial charge in [-0.1, -0.05) is 42.5 Å². The number of aromatic hydroxyl groups is 1. The molecule has 0 unspecified atom stereocenters. The number of para-hydroxylation sites is 2. The summed E-state index contributed by atoms with van der Waals surface area (Å²) < 4.78 is 0. The lowest BCUT2D eigenvalue weighted by Gasteiger charge is -2.40. The topological polar surface area (TPSA) is 47.0 Å². The van der Waals surface area contributed by atoms with Gasteiger partial charge < -0.3 is 14.9 Å². The maximum atomic E-state index is 12.8. The van der Waals surface area contributed by atoms with Gasteiger partial charge >= 0.3 is 0 Å². The van der Waals surface area contributed by atoms with Crippen LogP contribution in [0.5, 0.6) is 5.75 Å². The van der Waals surface area contributed by atoms with Crippen LogP contribution in [-0.4, -0.2) is 61.1 Å². The number of carbonyl (C=O) groups excluding carboxylic acids is 1. The van der Waals surface area contributed by atoms with E-state index < -0.39 is 0 Å². The summed E-state index contributed by atoms with van der Waals surface area (Å²) in [7, 11) is 3.60. The molecule has 2 aromatic rings. The third-order valence-electron chi connectivity index (χ3n) is 4.69. The number of piperazine rings is 1. The molecule has 0 radical (unpaired) electrons. The Morgan fingerprint density at radius 1 is 0.960 bits per heavy atom. The van der Waals surface area contributed by atoms with E-state index in [4.69, 9.17) is 0 Å². The Morgan fingerprint density at radius 3 is 2.16 bits per heavy atom. The fraction of sp³-hybridized carbons (Fsp3) is 0.350. The van der Waals surface area contributed by atoms with E-state index in [0.717, 1.165) is 37.4 Å². The monoisotopic (exact) mass is 339 g/mol. The molecule has 5 heteroatoms. The number of carbonyl (C=O) groups is 1. The quantitative estimate of drug-likeness (QED) is 0.929. The molecule has 1 fully saturated rings. The average molecular weight is 339 g/mol. The van der Waals surface area contributed by atoms with Gasteiger partial charge in [0.1, 0.15) is 11.8 Å². The zero-order valence-corrected chi connectivity index (χ0v) is 14.8. The van der Waals surface area contributed by atoms with Gasteiger partial charge in [-0.15, -0.1) is 0 Å². The number of amides is 1. The second kappa shape index (κ2) is 7.57. The summed E-state index contributed by atoms with van der Waals surface area (Å²) in [6.07, 6.45) is 0. The highest BCUT2D eigenvalue weighted by atomic mass is 16.3. The molecular weight excluding hydrogens is 314 g/mol. The van der Waals surface area contributed by atoms with Crippen LogP contribution in [0.4, 0.5) is 5.69 Å². The van der Waals surface area contributed by atoms with Gasteiger partial charge in [-0.25, -0.2) is 0 Å². The average Bonchev–Trinajstić information content (AvgIpc) is 2.64. The van der Waals surface area contributed by atoms with Gasteiger partial charge in [-0.3, -0.25) is 9.69 Å². The van der Waals surface area contributed by atoms with E-state index in [1.807, 2.05) is 48.5 Å². The lowest BCUT2D eigenvalue weighted by molar-refractivity contribution is -0.134. The van der Waals surface area contributed by atoms with Crippen LogP contribution in [0.2, 0.25) is 0 Å². The van der Waals surface area contributed by atoms with Crippen LogP contribution in [0.15, 0.2) is 54.6 Å². The van der Waals surface area contributed by atoms with Crippen LogP contribution < -0.4 is 4.90 Å². The number of benzene rings is 2. The van der Waals surface area contributed by atoms with E-state index in [1.165, 1.54) is 0 Å². The highest BCUT2D eigenvalue weighted by molar-refractivity contribution is 5.83. The van der Waals surface area contributed by atoms with Gasteiger partial charge in [0, 0.05) is 40.3 Å². The molecule has 0 saturated carbocycles. The van der Waals surface area contributed by atoms with E-state index in [1.54, 1.807) is 25.1 Å². The number of hydrogen-bond donors (Lipinski definition) is 1. The molecule has 0 bridgehead atoms. The molecule has 1 heterocycles. The predicted molar refractivity (Wildman–Crippen MR) is 99.8 cm³/mol. The SMILES string of the molecule is CN(C)C(=O)[C@H](c1ccccc1)N1CCN(c2ccccc2O)CC1. The molecule has 0 spiro atoms. The third kappa shape index (κ3) is 3.77. The molecule has 0 aromatic heterocycles. The predicted octanol–water partition coefficient (Wildman–Crippen LogP) is 2.34. The van der Waals surface area contributed by atoms with E-state index in [0.29, 0.717) is 5.75 Å². The first kappa shape index (κ1) is 17.3. The van der Waals surface area contributed by atoms with Gasteiger partial charge in [0.2, 0.25) is 5.91 Å². The van der Waals surface area contributed by atoms with Crippen molar-refractivity contribution in [3.05, 3.63) is 60.2 Å². The Bertz CT molecular complexity index is 710. The minimum atomic E-state index is -0.261. The largest absolute Gasteiger partial charge is 0.506 e. The molecule has 2 aromatic carbocycles. The third-order valence-corrected chi connectivity index (χ3v) is 4.69. The molecule has 1 N–H and O–H groups in total. The van der Waals surface area contributed by atoms with Crippen molar-refractivity contribution in [2.75, 3.05) is 45.2 Å². The molecule has 1 aliphatic heterocycles. The van der Waals surface area contributed by atoms with Crippen molar-refractivity contribution in [3.63, 3.8) is 0 Å².